The third kappa shape index (κ3) is 3.37. The van der Waals surface area contributed by atoms with Crippen LogP contribution in [0.5, 0.6) is 0 Å². The highest BCUT2D eigenvalue weighted by Crippen LogP contribution is 2.29. The van der Waals surface area contributed by atoms with Crippen LogP contribution in [0, 0.1) is 0 Å². The second kappa shape index (κ2) is 6.92. The Morgan fingerprint density at radius 3 is 2.70 bits per heavy atom. The van der Waals surface area contributed by atoms with Crippen molar-refractivity contribution in [2.45, 2.75) is 30.2 Å². The van der Waals surface area contributed by atoms with Crippen LogP contribution in [0.2, 0.25) is 0 Å². The minimum absolute atomic E-state index is 0.137. The predicted octanol–water partition coefficient (Wildman–Crippen LogP) is 2.52. The van der Waals surface area contributed by atoms with E-state index in [1.54, 1.807) is 0 Å². The van der Waals surface area contributed by atoms with Crippen LogP contribution in [-0.4, -0.2) is 44.0 Å². The Hall–Kier alpha value is -1.54. The summed E-state index contributed by atoms with van der Waals surface area (Å²) in [5.41, 5.74) is 0.868. The van der Waals surface area contributed by atoms with Crippen molar-refractivity contribution >= 4 is 33.6 Å². The molecular weight excluding hydrogens is 378 g/mol. The summed E-state index contributed by atoms with van der Waals surface area (Å²) < 4.78 is 2.34. The fourth-order valence-electron chi connectivity index (χ4n) is 2.59. The Bertz CT molecular complexity index is 714. The monoisotopic (exact) mass is 395 g/mol. The van der Waals surface area contributed by atoms with Gasteiger partial charge < -0.3 is 10.7 Å². The molecule has 1 aliphatic heterocycles. The maximum atomic E-state index is 12.4. The quantitative estimate of drug-likeness (QED) is 0.635. The molecule has 1 saturated heterocycles. The molecule has 0 aliphatic carbocycles. The van der Waals surface area contributed by atoms with Crippen LogP contribution in [0.1, 0.15) is 19.8 Å². The molecule has 0 saturated carbocycles. The second-order valence-corrected chi connectivity index (χ2v) is 7.61. The molecule has 2 N–H and O–H groups in total. The molecule has 0 radical (unpaired) electrons. The molecule has 1 aromatic heterocycles. The highest BCUT2D eigenvalue weighted by atomic mass is 79.9. The molecule has 3 rings (SSSR count). The van der Waals surface area contributed by atoms with Crippen molar-refractivity contribution in [1.29, 1.82) is 0 Å². The standard InChI is InChI=1S/C15H18BrN5OS/c1-10(14(22)20-8-4-5-9-20)23-15-19-18-13(21(15)17)11-6-2-3-7-12(11)16/h2-3,6-7,10H,4-5,8-9,17H2,1H3/t10-/m1/s1. The minimum atomic E-state index is -0.230. The van der Waals surface area contributed by atoms with Gasteiger partial charge in [0.2, 0.25) is 11.1 Å². The predicted molar refractivity (Wildman–Crippen MR) is 94.4 cm³/mol. The van der Waals surface area contributed by atoms with Crippen molar-refractivity contribution in [3.05, 3.63) is 28.7 Å². The molecule has 0 spiro atoms. The van der Waals surface area contributed by atoms with Crippen molar-refractivity contribution in [3.8, 4) is 11.4 Å². The van der Waals surface area contributed by atoms with E-state index < -0.39 is 0 Å². The van der Waals surface area contributed by atoms with Gasteiger partial charge in [-0.2, -0.15) is 0 Å². The zero-order valence-electron chi connectivity index (χ0n) is 12.8. The molecule has 23 heavy (non-hydrogen) atoms. The lowest BCUT2D eigenvalue weighted by atomic mass is 10.2. The van der Waals surface area contributed by atoms with E-state index in [4.69, 9.17) is 5.84 Å². The summed E-state index contributed by atoms with van der Waals surface area (Å²) in [6.45, 7) is 3.58. The maximum Gasteiger partial charge on any atom is 0.235 e. The summed E-state index contributed by atoms with van der Waals surface area (Å²) in [5.74, 6) is 6.84. The summed E-state index contributed by atoms with van der Waals surface area (Å²) >= 11 is 4.84. The third-order valence-electron chi connectivity index (χ3n) is 3.83. The zero-order valence-corrected chi connectivity index (χ0v) is 15.2. The molecule has 1 atom stereocenters. The van der Waals surface area contributed by atoms with E-state index in [9.17, 15) is 4.79 Å². The number of halogens is 1. The van der Waals surface area contributed by atoms with Gasteiger partial charge in [-0.25, -0.2) is 4.68 Å². The maximum absolute atomic E-state index is 12.4. The first-order chi connectivity index (χ1) is 11.1. The fourth-order valence-corrected chi connectivity index (χ4v) is 3.90. The summed E-state index contributed by atoms with van der Waals surface area (Å²) in [6.07, 6.45) is 2.17. The van der Waals surface area contributed by atoms with Crippen LogP contribution in [0.25, 0.3) is 11.4 Å². The van der Waals surface area contributed by atoms with E-state index >= 15 is 0 Å². The molecule has 1 fully saturated rings. The molecular formula is C15H18BrN5OS. The Morgan fingerprint density at radius 1 is 1.30 bits per heavy atom. The average Bonchev–Trinajstić information content (AvgIpc) is 3.19. The second-order valence-electron chi connectivity index (χ2n) is 5.45. The first kappa shape index (κ1) is 16.3. The molecule has 8 heteroatoms. The fraction of sp³-hybridized carbons (Fsp3) is 0.400. The molecule has 1 amide bonds. The first-order valence-corrected chi connectivity index (χ1v) is 9.16. The van der Waals surface area contributed by atoms with E-state index in [0.717, 1.165) is 36.0 Å². The lowest BCUT2D eigenvalue weighted by Gasteiger charge is -2.19. The van der Waals surface area contributed by atoms with Gasteiger partial charge in [0.05, 0.1) is 5.25 Å². The van der Waals surface area contributed by atoms with Crippen LogP contribution in [0.4, 0.5) is 0 Å². The summed E-state index contributed by atoms with van der Waals surface area (Å²) in [5, 5.41) is 8.62. The summed E-state index contributed by atoms with van der Waals surface area (Å²) in [4.78, 5) is 14.3. The summed E-state index contributed by atoms with van der Waals surface area (Å²) in [6, 6.07) is 7.69. The van der Waals surface area contributed by atoms with Gasteiger partial charge in [-0.1, -0.05) is 39.8 Å². The third-order valence-corrected chi connectivity index (χ3v) is 5.56. The molecule has 1 aliphatic rings. The summed E-state index contributed by atoms with van der Waals surface area (Å²) in [7, 11) is 0. The Balaban J connectivity index is 1.77. The highest BCUT2D eigenvalue weighted by molar-refractivity contribution is 9.10. The van der Waals surface area contributed by atoms with Crippen LogP contribution >= 0.6 is 27.7 Å². The molecule has 1 aromatic carbocycles. The van der Waals surface area contributed by atoms with Crippen LogP contribution in [0.3, 0.4) is 0 Å². The van der Waals surface area contributed by atoms with E-state index in [2.05, 4.69) is 26.1 Å². The number of hydrogen-bond acceptors (Lipinski definition) is 5. The number of nitrogens with zero attached hydrogens (tertiary/aromatic N) is 4. The number of nitrogen functional groups attached to an aromatic ring is 1. The molecule has 2 aromatic rings. The molecule has 122 valence electrons. The number of thioether (sulfide) groups is 1. The van der Waals surface area contributed by atoms with Crippen LogP contribution in [0.15, 0.2) is 33.9 Å². The lowest BCUT2D eigenvalue weighted by molar-refractivity contribution is -0.129. The number of carbonyl (C=O) groups excluding carboxylic acids is 1. The van der Waals surface area contributed by atoms with E-state index in [1.807, 2.05) is 36.1 Å². The number of benzene rings is 1. The van der Waals surface area contributed by atoms with Crippen molar-refractivity contribution < 1.29 is 4.79 Å². The van der Waals surface area contributed by atoms with Gasteiger partial charge in [0.1, 0.15) is 0 Å². The zero-order chi connectivity index (χ0) is 16.4. The van der Waals surface area contributed by atoms with Crippen molar-refractivity contribution in [1.82, 2.24) is 19.8 Å². The van der Waals surface area contributed by atoms with Gasteiger partial charge in [-0.05, 0) is 31.9 Å². The Labute approximate surface area is 147 Å². The largest absolute Gasteiger partial charge is 0.342 e. The van der Waals surface area contributed by atoms with E-state index in [-0.39, 0.29) is 11.2 Å². The minimum Gasteiger partial charge on any atom is -0.342 e. The lowest BCUT2D eigenvalue weighted by Crippen LogP contribution is -2.34. The van der Waals surface area contributed by atoms with E-state index in [1.165, 1.54) is 16.4 Å². The van der Waals surface area contributed by atoms with Crippen LogP contribution < -0.4 is 5.84 Å². The smallest absolute Gasteiger partial charge is 0.235 e. The molecule has 0 unspecified atom stereocenters. The molecule has 6 nitrogen and oxygen atoms in total. The first-order valence-electron chi connectivity index (χ1n) is 7.48. The number of aromatic nitrogens is 3. The van der Waals surface area contributed by atoms with Gasteiger partial charge in [-0.3, -0.25) is 4.79 Å². The Morgan fingerprint density at radius 2 is 2.00 bits per heavy atom. The number of carbonyl (C=O) groups is 1. The van der Waals surface area contributed by atoms with Crippen molar-refractivity contribution in [2.75, 3.05) is 18.9 Å². The number of hydrogen-bond donors (Lipinski definition) is 1. The van der Waals surface area contributed by atoms with Gasteiger partial charge in [0.15, 0.2) is 5.82 Å². The number of nitrogens with two attached hydrogens (primary N) is 1. The van der Waals surface area contributed by atoms with Gasteiger partial charge >= 0.3 is 0 Å². The molecule has 2 heterocycles. The number of rotatable bonds is 4. The SMILES string of the molecule is C[C@@H](Sc1nnc(-c2ccccc2Br)n1N)C(=O)N1CCCC1. The average molecular weight is 396 g/mol. The Kier molecular flexibility index (Phi) is 4.91. The number of likely N-dealkylation sites (tertiary alicyclic amines) is 1. The normalized spacial score (nSPS) is 15.8. The van der Waals surface area contributed by atoms with Crippen molar-refractivity contribution in [2.24, 2.45) is 0 Å². The highest BCUT2D eigenvalue weighted by Gasteiger charge is 2.26. The molecule has 0 bridgehead atoms. The van der Waals surface area contributed by atoms with Crippen molar-refractivity contribution in [3.63, 3.8) is 0 Å². The van der Waals surface area contributed by atoms with Gasteiger partial charge in [0, 0.05) is 23.1 Å². The topological polar surface area (TPSA) is 77.0 Å². The number of amides is 1. The van der Waals surface area contributed by atoms with Gasteiger partial charge in [0.25, 0.3) is 0 Å². The van der Waals surface area contributed by atoms with E-state index in [0.29, 0.717) is 11.0 Å². The van der Waals surface area contributed by atoms with Crippen LogP contribution in [-0.2, 0) is 4.79 Å². The van der Waals surface area contributed by atoms with Gasteiger partial charge in [-0.15, -0.1) is 10.2 Å².